The number of halogens is 1. The number of sulfone groups is 1. The van der Waals surface area contributed by atoms with E-state index in [0.717, 1.165) is 0 Å². The van der Waals surface area contributed by atoms with Gasteiger partial charge in [-0.2, -0.15) is 5.26 Å². The minimum Gasteiger partial charge on any atom is -0.372 e. The van der Waals surface area contributed by atoms with Crippen LogP contribution in [0.5, 0.6) is 0 Å². The van der Waals surface area contributed by atoms with Crippen LogP contribution in [0.4, 0.5) is 0 Å². The largest absolute Gasteiger partial charge is 0.372 e. The second-order valence-electron chi connectivity index (χ2n) is 8.64. The molecule has 1 aliphatic carbocycles. The summed E-state index contributed by atoms with van der Waals surface area (Å²) in [4.78, 5) is 28.0. The highest BCUT2D eigenvalue weighted by Crippen LogP contribution is 2.40. The first-order chi connectivity index (χ1) is 15.0. The third kappa shape index (κ3) is 5.08. The molecule has 0 aromatic heterocycles. The van der Waals surface area contributed by atoms with Crippen LogP contribution in [0.15, 0.2) is 23.1 Å². The van der Waals surface area contributed by atoms with Gasteiger partial charge in [0.05, 0.1) is 40.3 Å². The van der Waals surface area contributed by atoms with Gasteiger partial charge in [0, 0.05) is 18.1 Å². The molecule has 5 unspecified atom stereocenters. The van der Waals surface area contributed by atoms with E-state index in [-0.39, 0.29) is 42.4 Å². The Labute approximate surface area is 193 Å². The zero-order valence-electron chi connectivity index (χ0n) is 18.4. The molecule has 174 valence electrons. The minimum absolute atomic E-state index is 0.0213. The van der Waals surface area contributed by atoms with Crippen molar-refractivity contribution in [3.63, 3.8) is 0 Å². The summed E-state index contributed by atoms with van der Waals surface area (Å²) >= 11 is 5.98. The smallest absolute Gasteiger partial charge is 0.226 e. The third-order valence-electron chi connectivity index (χ3n) is 6.13. The lowest BCUT2D eigenvalue weighted by molar-refractivity contribution is -0.150. The zero-order valence-corrected chi connectivity index (χ0v) is 19.9. The van der Waals surface area contributed by atoms with Gasteiger partial charge in [-0.25, -0.2) is 8.42 Å². The fourth-order valence-corrected chi connectivity index (χ4v) is 7.04. The third-order valence-corrected chi connectivity index (χ3v) is 8.70. The maximum atomic E-state index is 13.4. The molecule has 5 atom stereocenters. The maximum absolute atomic E-state index is 13.4. The van der Waals surface area contributed by atoms with E-state index >= 15 is 0 Å². The Morgan fingerprint density at radius 1 is 1.22 bits per heavy atom. The number of nitrogens with one attached hydrogen (secondary N) is 1. The fraction of sp³-hybridized carbons (Fsp3) is 0.591. The minimum atomic E-state index is -3.79. The molecule has 1 saturated heterocycles. The second-order valence-corrected chi connectivity index (χ2v) is 11.3. The number of morpholine rings is 1. The van der Waals surface area contributed by atoms with Crippen molar-refractivity contribution >= 4 is 33.3 Å². The molecule has 1 N–H and O–H groups in total. The highest BCUT2D eigenvalue weighted by molar-refractivity contribution is 7.92. The lowest BCUT2D eigenvalue weighted by Gasteiger charge is -2.37. The molecule has 3 rings (SSSR count). The van der Waals surface area contributed by atoms with Crippen LogP contribution in [0.1, 0.15) is 32.3 Å². The van der Waals surface area contributed by atoms with Gasteiger partial charge in [0.1, 0.15) is 6.54 Å². The monoisotopic (exact) mass is 481 g/mol. The first-order valence-electron chi connectivity index (χ1n) is 10.6. The summed E-state index contributed by atoms with van der Waals surface area (Å²) < 4.78 is 32.5. The summed E-state index contributed by atoms with van der Waals surface area (Å²) in [6.45, 7) is 6.00. The van der Waals surface area contributed by atoms with Crippen LogP contribution >= 0.6 is 11.6 Å². The van der Waals surface area contributed by atoms with Gasteiger partial charge < -0.3 is 15.0 Å². The van der Waals surface area contributed by atoms with Gasteiger partial charge in [-0.15, -0.1) is 0 Å². The summed E-state index contributed by atoms with van der Waals surface area (Å²) in [6, 6.07) is 6.42. The summed E-state index contributed by atoms with van der Waals surface area (Å²) in [5, 5.41) is 10.9. The molecule has 1 aromatic rings. The fourth-order valence-electron chi connectivity index (χ4n) is 4.77. The van der Waals surface area contributed by atoms with E-state index in [1.54, 1.807) is 17.9 Å². The Morgan fingerprint density at radius 3 is 2.44 bits per heavy atom. The van der Waals surface area contributed by atoms with Crippen LogP contribution < -0.4 is 5.32 Å². The number of hydrogen-bond donors (Lipinski definition) is 1. The SMILES string of the molecule is Cc1cc(Cl)ccc1S(=O)(=O)C1CC(C(=O)NCC#N)C(C(=O)N2CC(C)OC(C)C2)C1. The van der Waals surface area contributed by atoms with Gasteiger partial charge in [-0.3, -0.25) is 9.59 Å². The standard InChI is InChI=1S/C22H28ClN3O5S/c1-13-8-16(23)4-5-20(13)32(29,30)17-9-18(21(27)25-7-6-24)19(10-17)22(28)26-11-14(2)31-15(3)12-26/h4-5,8,14-15,17-19H,7,9-12H2,1-3H3,(H,25,27). The Bertz CT molecular complexity index is 1030. The van der Waals surface area contributed by atoms with Crippen LogP contribution in [0.2, 0.25) is 5.02 Å². The Balaban J connectivity index is 1.90. The lowest BCUT2D eigenvalue weighted by Crippen LogP contribution is -2.51. The quantitative estimate of drug-likeness (QED) is 0.643. The number of carbonyl (C=O) groups is 2. The first-order valence-corrected chi connectivity index (χ1v) is 12.6. The van der Waals surface area contributed by atoms with Crippen molar-refractivity contribution < 1.29 is 22.7 Å². The van der Waals surface area contributed by atoms with Gasteiger partial charge in [-0.05, 0) is 57.4 Å². The number of ether oxygens (including phenoxy) is 1. The Morgan fingerprint density at radius 2 is 1.84 bits per heavy atom. The molecule has 2 fully saturated rings. The molecule has 10 heteroatoms. The van der Waals surface area contributed by atoms with E-state index in [4.69, 9.17) is 21.6 Å². The maximum Gasteiger partial charge on any atom is 0.226 e. The first kappa shape index (κ1) is 24.5. The molecule has 1 aromatic carbocycles. The van der Waals surface area contributed by atoms with Crippen molar-refractivity contribution in [2.45, 2.75) is 56.0 Å². The highest BCUT2D eigenvalue weighted by Gasteiger charge is 2.49. The average molecular weight is 482 g/mol. The van der Waals surface area contributed by atoms with Crippen molar-refractivity contribution in [3.05, 3.63) is 28.8 Å². The van der Waals surface area contributed by atoms with E-state index in [9.17, 15) is 18.0 Å². The molecule has 2 amide bonds. The van der Waals surface area contributed by atoms with Crippen molar-refractivity contribution in [1.82, 2.24) is 10.2 Å². The van der Waals surface area contributed by atoms with Crippen LogP contribution in [0.3, 0.4) is 0 Å². The van der Waals surface area contributed by atoms with Gasteiger partial charge in [0.2, 0.25) is 11.8 Å². The molecule has 32 heavy (non-hydrogen) atoms. The molecule has 1 aliphatic heterocycles. The molecular formula is C22H28ClN3O5S. The van der Waals surface area contributed by atoms with E-state index in [1.807, 2.05) is 19.9 Å². The summed E-state index contributed by atoms with van der Waals surface area (Å²) in [5.41, 5.74) is 0.522. The molecule has 2 aliphatic rings. The van der Waals surface area contributed by atoms with Gasteiger partial charge in [-0.1, -0.05) is 11.6 Å². The van der Waals surface area contributed by atoms with Crippen LogP contribution in [-0.2, 0) is 24.2 Å². The van der Waals surface area contributed by atoms with Gasteiger partial charge >= 0.3 is 0 Å². The predicted molar refractivity (Wildman–Crippen MR) is 119 cm³/mol. The van der Waals surface area contributed by atoms with Crippen molar-refractivity contribution in [1.29, 1.82) is 5.26 Å². The van der Waals surface area contributed by atoms with Crippen LogP contribution in [-0.4, -0.2) is 62.2 Å². The topological polar surface area (TPSA) is 117 Å². The Hall–Kier alpha value is -2.15. The predicted octanol–water partition coefficient (Wildman–Crippen LogP) is 2.09. The van der Waals surface area contributed by atoms with Crippen LogP contribution in [0.25, 0.3) is 0 Å². The number of nitrogens with zero attached hydrogens (tertiary/aromatic N) is 2. The van der Waals surface area contributed by atoms with E-state index in [2.05, 4.69) is 5.32 Å². The van der Waals surface area contributed by atoms with E-state index in [1.165, 1.54) is 12.1 Å². The number of aryl methyl sites for hydroxylation is 1. The van der Waals surface area contributed by atoms with Gasteiger partial charge in [0.25, 0.3) is 0 Å². The van der Waals surface area contributed by atoms with Crippen molar-refractivity contribution in [3.8, 4) is 6.07 Å². The molecule has 1 saturated carbocycles. The summed E-state index contributed by atoms with van der Waals surface area (Å²) in [7, 11) is -3.79. The van der Waals surface area contributed by atoms with Gasteiger partial charge in [0.15, 0.2) is 9.84 Å². The average Bonchev–Trinajstić information content (AvgIpc) is 3.17. The molecule has 0 radical (unpaired) electrons. The number of nitriles is 1. The van der Waals surface area contributed by atoms with Crippen molar-refractivity contribution in [2.75, 3.05) is 19.6 Å². The summed E-state index contributed by atoms with van der Waals surface area (Å²) in [6.07, 6.45) is -0.223. The number of hydrogen-bond acceptors (Lipinski definition) is 6. The number of amides is 2. The molecule has 0 spiro atoms. The molecular weight excluding hydrogens is 454 g/mol. The lowest BCUT2D eigenvalue weighted by atomic mass is 9.93. The summed E-state index contributed by atoms with van der Waals surface area (Å²) in [5.74, 6) is -2.31. The number of rotatable bonds is 5. The normalized spacial score (nSPS) is 28.2. The molecule has 1 heterocycles. The van der Waals surface area contributed by atoms with E-state index in [0.29, 0.717) is 23.7 Å². The highest BCUT2D eigenvalue weighted by atomic mass is 35.5. The van der Waals surface area contributed by atoms with Crippen LogP contribution in [0, 0.1) is 30.1 Å². The number of carbonyl (C=O) groups excluding carboxylic acids is 2. The van der Waals surface area contributed by atoms with E-state index < -0.39 is 32.8 Å². The second kappa shape index (κ2) is 9.77. The zero-order chi connectivity index (χ0) is 23.6. The van der Waals surface area contributed by atoms with Crippen molar-refractivity contribution in [2.24, 2.45) is 11.8 Å². The molecule has 0 bridgehead atoms. The Kier molecular flexibility index (Phi) is 7.48. The number of benzene rings is 1. The molecule has 8 nitrogen and oxygen atoms in total.